The molecule has 0 aliphatic heterocycles. The molecule has 0 heterocycles. The average Bonchev–Trinajstić information content (AvgIpc) is 2.65. The molecule has 6 nitrogen and oxygen atoms in total. The number of urea groups is 1. The number of halogens is 4. The van der Waals surface area contributed by atoms with Crippen molar-refractivity contribution in [1.82, 2.24) is 0 Å². The molecule has 0 radical (unpaired) electrons. The van der Waals surface area contributed by atoms with E-state index in [0.29, 0.717) is 37.1 Å². The van der Waals surface area contributed by atoms with Gasteiger partial charge in [-0.05, 0) is 39.0 Å². The first-order chi connectivity index (χ1) is 14.2. The number of amides is 2. The van der Waals surface area contributed by atoms with E-state index < -0.39 is 23.5 Å². The Morgan fingerprint density at radius 2 is 1.50 bits per heavy atom. The highest BCUT2D eigenvalue weighted by Crippen LogP contribution is 2.41. The molecule has 0 saturated carbocycles. The fourth-order valence-corrected chi connectivity index (χ4v) is 2.78. The van der Waals surface area contributed by atoms with Crippen molar-refractivity contribution in [3.8, 4) is 17.2 Å². The zero-order chi connectivity index (χ0) is 22.3. The molecule has 2 N–H and O–H groups in total. The predicted octanol–water partition coefficient (Wildman–Crippen LogP) is 6.20. The van der Waals surface area contributed by atoms with Gasteiger partial charge in [-0.25, -0.2) is 4.79 Å². The van der Waals surface area contributed by atoms with Gasteiger partial charge >= 0.3 is 12.2 Å². The molecular formula is C20H22ClF3N2O4. The highest BCUT2D eigenvalue weighted by atomic mass is 35.5. The summed E-state index contributed by atoms with van der Waals surface area (Å²) in [5, 5.41) is 4.58. The summed E-state index contributed by atoms with van der Waals surface area (Å²) in [6, 6.07) is 5.21. The quantitative estimate of drug-likeness (QED) is 0.506. The van der Waals surface area contributed by atoms with Crippen LogP contribution in [0.25, 0.3) is 0 Å². The van der Waals surface area contributed by atoms with Gasteiger partial charge in [0.1, 0.15) is 0 Å². The van der Waals surface area contributed by atoms with E-state index >= 15 is 0 Å². The van der Waals surface area contributed by atoms with E-state index in [1.54, 1.807) is 20.8 Å². The number of anilines is 2. The molecule has 0 unspecified atom stereocenters. The summed E-state index contributed by atoms with van der Waals surface area (Å²) < 4.78 is 56.3. The predicted molar refractivity (Wildman–Crippen MR) is 109 cm³/mol. The van der Waals surface area contributed by atoms with Gasteiger partial charge in [-0.1, -0.05) is 11.6 Å². The van der Waals surface area contributed by atoms with Crippen molar-refractivity contribution < 1.29 is 32.2 Å². The van der Waals surface area contributed by atoms with Gasteiger partial charge in [0, 0.05) is 17.2 Å². The average molecular weight is 447 g/mol. The van der Waals surface area contributed by atoms with Gasteiger partial charge in [-0.15, -0.1) is 0 Å². The highest BCUT2D eigenvalue weighted by Gasteiger charge is 2.34. The lowest BCUT2D eigenvalue weighted by Gasteiger charge is -2.18. The van der Waals surface area contributed by atoms with Crippen LogP contribution in [0, 0.1) is 0 Å². The van der Waals surface area contributed by atoms with E-state index in [2.05, 4.69) is 10.6 Å². The van der Waals surface area contributed by atoms with Gasteiger partial charge in [0.2, 0.25) is 5.75 Å². The van der Waals surface area contributed by atoms with Crippen LogP contribution in [0.5, 0.6) is 17.2 Å². The first-order valence-corrected chi connectivity index (χ1v) is 9.58. The first-order valence-electron chi connectivity index (χ1n) is 9.20. The SMILES string of the molecule is CCOc1cc(NC(=O)Nc2ccc(Cl)cc2C(F)(F)F)cc(OCC)c1OCC. The third-order valence-corrected chi connectivity index (χ3v) is 3.94. The molecule has 2 aromatic carbocycles. The number of benzene rings is 2. The van der Waals surface area contributed by atoms with Gasteiger partial charge in [0.15, 0.2) is 11.5 Å². The van der Waals surface area contributed by atoms with E-state index in [0.717, 1.165) is 12.1 Å². The summed E-state index contributed by atoms with van der Waals surface area (Å²) in [6.45, 7) is 6.39. The fraction of sp³-hybridized carbons (Fsp3) is 0.350. The number of ether oxygens (including phenoxy) is 3. The van der Waals surface area contributed by atoms with Crippen molar-refractivity contribution in [2.24, 2.45) is 0 Å². The minimum Gasteiger partial charge on any atom is -0.490 e. The summed E-state index contributed by atoms with van der Waals surface area (Å²) in [5.74, 6) is 1.05. The number of carbonyl (C=O) groups is 1. The zero-order valence-electron chi connectivity index (χ0n) is 16.7. The molecule has 2 aromatic rings. The Kier molecular flexibility index (Phi) is 8.05. The van der Waals surface area contributed by atoms with Crippen molar-refractivity contribution >= 4 is 29.0 Å². The molecular weight excluding hydrogens is 425 g/mol. The van der Waals surface area contributed by atoms with Crippen LogP contribution in [-0.2, 0) is 6.18 Å². The van der Waals surface area contributed by atoms with Crippen molar-refractivity contribution in [2.75, 3.05) is 30.5 Å². The maximum Gasteiger partial charge on any atom is 0.418 e. The van der Waals surface area contributed by atoms with Crippen LogP contribution in [0.1, 0.15) is 26.3 Å². The number of alkyl halides is 3. The topological polar surface area (TPSA) is 68.8 Å². The van der Waals surface area contributed by atoms with Gasteiger partial charge in [-0.2, -0.15) is 13.2 Å². The van der Waals surface area contributed by atoms with Crippen LogP contribution >= 0.6 is 11.6 Å². The largest absolute Gasteiger partial charge is 0.490 e. The normalized spacial score (nSPS) is 11.0. The standard InChI is InChI=1S/C20H22ClF3N2O4/c1-4-28-16-10-13(11-17(29-5-2)18(16)30-6-3)25-19(27)26-15-8-7-12(21)9-14(15)20(22,23)24/h7-11H,4-6H2,1-3H3,(H2,25,26,27). The summed E-state index contributed by atoms with van der Waals surface area (Å²) >= 11 is 5.66. The maximum atomic E-state index is 13.2. The Labute approximate surface area is 177 Å². The maximum absolute atomic E-state index is 13.2. The van der Waals surface area contributed by atoms with Crippen LogP contribution in [0.2, 0.25) is 5.02 Å². The van der Waals surface area contributed by atoms with E-state index in [9.17, 15) is 18.0 Å². The summed E-state index contributed by atoms with van der Waals surface area (Å²) in [4.78, 5) is 12.4. The molecule has 0 aliphatic rings. The summed E-state index contributed by atoms with van der Waals surface area (Å²) in [7, 11) is 0. The summed E-state index contributed by atoms with van der Waals surface area (Å²) in [6.07, 6.45) is -4.68. The number of hydrogen-bond acceptors (Lipinski definition) is 4. The van der Waals surface area contributed by atoms with Gasteiger partial charge < -0.3 is 24.8 Å². The van der Waals surface area contributed by atoms with Crippen LogP contribution in [0.15, 0.2) is 30.3 Å². The second-order valence-electron chi connectivity index (χ2n) is 5.87. The molecule has 0 saturated heterocycles. The second-order valence-corrected chi connectivity index (χ2v) is 6.30. The minimum atomic E-state index is -4.68. The number of carbonyl (C=O) groups excluding carboxylic acids is 1. The number of nitrogens with one attached hydrogen (secondary N) is 2. The molecule has 0 aliphatic carbocycles. The minimum absolute atomic E-state index is 0.0949. The first kappa shape index (κ1) is 23.5. The Hall–Kier alpha value is -2.81. The van der Waals surface area contributed by atoms with E-state index in [1.165, 1.54) is 18.2 Å². The third-order valence-electron chi connectivity index (χ3n) is 3.70. The lowest BCUT2D eigenvalue weighted by molar-refractivity contribution is -0.136. The second kappa shape index (κ2) is 10.3. The van der Waals surface area contributed by atoms with E-state index in [-0.39, 0.29) is 10.7 Å². The summed E-state index contributed by atoms with van der Waals surface area (Å²) in [5.41, 5.74) is -1.22. The molecule has 0 bridgehead atoms. The molecule has 2 rings (SSSR count). The molecule has 30 heavy (non-hydrogen) atoms. The van der Waals surface area contributed by atoms with Gasteiger partial charge in [0.25, 0.3) is 0 Å². The fourth-order valence-electron chi connectivity index (χ4n) is 2.61. The number of hydrogen-bond donors (Lipinski definition) is 2. The Morgan fingerprint density at radius 1 is 0.933 bits per heavy atom. The van der Waals surface area contributed by atoms with Crippen LogP contribution < -0.4 is 24.8 Å². The van der Waals surface area contributed by atoms with Crippen molar-refractivity contribution in [1.29, 1.82) is 0 Å². The Bertz CT molecular complexity index is 864. The zero-order valence-corrected chi connectivity index (χ0v) is 17.4. The molecule has 2 amide bonds. The van der Waals surface area contributed by atoms with Crippen LogP contribution in [-0.4, -0.2) is 25.9 Å². The smallest absolute Gasteiger partial charge is 0.418 e. The van der Waals surface area contributed by atoms with Crippen LogP contribution in [0.4, 0.5) is 29.3 Å². The molecule has 10 heteroatoms. The third kappa shape index (κ3) is 6.09. The van der Waals surface area contributed by atoms with Gasteiger partial charge in [0.05, 0.1) is 36.8 Å². The Balaban J connectivity index is 2.31. The monoisotopic (exact) mass is 446 g/mol. The lowest BCUT2D eigenvalue weighted by atomic mass is 10.1. The molecule has 164 valence electrons. The van der Waals surface area contributed by atoms with E-state index in [1.807, 2.05) is 0 Å². The van der Waals surface area contributed by atoms with Crippen molar-refractivity contribution in [3.63, 3.8) is 0 Å². The lowest BCUT2D eigenvalue weighted by Crippen LogP contribution is -2.22. The molecule has 0 fully saturated rings. The van der Waals surface area contributed by atoms with E-state index in [4.69, 9.17) is 25.8 Å². The Morgan fingerprint density at radius 3 is 2.00 bits per heavy atom. The molecule has 0 spiro atoms. The van der Waals surface area contributed by atoms with Gasteiger partial charge in [-0.3, -0.25) is 0 Å². The molecule has 0 aromatic heterocycles. The highest BCUT2D eigenvalue weighted by molar-refractivity contribution is 6.30. The molecule has 0 atom stereocenters. The van der Waals surface area contributed by atoms with Crippen molar-refractivity contribution in [2.45, 2.75) is 26.9 Å². The number of rotatable bonds is 8. The van der Waals surface area contributed by atoms with Crippen LogP contribution in [0.3, 0.4) is 0 Å². The van der Waals surface area contributed by atoms with Crippen molar-refractivity contribution in [3.05, 3.63) is 40.9 Å².